The molecule has 21 heavy (non-hydrogen) atoms. The number of hydrogen-bond donors (Lipinski definition) is 1. The molecule has 3 aromatic rings. The molecule has 0 atom stereocenters. The average Bonchev–Trinajstić information content (AvgIpc) is 2.91. The van der Waals surface area contributed by atoms with Crippen LogP contribution in [0, 0.1) is 5.82 Å². The number of imidazole rings is 1. The maximum absolute atomic E-state index is 13.5. The van der Waals surface area contributed by atoms with Crippen molar-refractivity contribution in [1.29, 1.82) is 0 Å². The van der Waals surface area contributed by atoms with Gasteiger partial charge in [0.1, 0.15) is 17.4 Å². The third kappa shape index (κ3) is 2.89. The monoisotopic (exact) mass is 284 g/mol. The number of para-hydroxylation sites is 2. The van der Waals surface area contributed by atoms with Crippen molar-refractivity contribution in [3.8, 4) is 17.1 Å². The summed E-state index contributed by atoms with van der Waals surface area (Å²) >= 11 is 0. The third-order valence-electron chi connectivity index (χ3n) is 3.34. The molecule has 0 saturated heterocycles. The van der Waals surface area contributed by atoms with Gasteiger partial charge in [-0.15, -0.1) is 0 Å². The molecule has 0 saturated carbocycles. The molecule has 0 amide bonds. The molecule has 1 N–H and O–H groups in total. The Morgan fingerprint density at radius 3 is 2.86 bits per heavy atom. The average molecular weight is 284 g/mol. The van der Waals surface area contributed by atoms with Crippen molar-refractivity contribution < 1.29 is 9.13 Å². The maximum Gasteiger partial charge on any atom is 0.142 e. The van der Waals surface area contributed by atoms with Gasteiger partial charge in [-0.25, -0.2) is 9.37 Å². The van der Waals surface area contributed by atoms with Gasteiger partial charge in [0.05, 0.1) is 23.2 Å². The molecule has 0 spiro atoms. The molecule has 0 aliphatic carbocycles. The minimum atomic E-state index is -0.304. The number of nitrogens with one attached hydrogen (secondary N) is 1. The lowest BCUT2D eigenvalue weighted by molar-refractivity contribution is 0.309. The second-order valence-corrected chi connectivity index (χ2v) is 4.95. The number of nitrogens with zero attached hydrogens (tertiary/aromatic N) is 1. The minimum absolute atomic E-state index is 0.304. The lowest BCUT2D eigenvalue weighted by Gasteiger charge is -2.09. The zero-order chi connectivity index (χ0) is 14.7. The molecule has 108 valence electrons. The summed E-state index contributed by atoms with van der Waals surface area (Å²) in [5.74, 6) is 0.923. The predicted octanol–water partition coefficient (Wildman–Crippen LogP) is 4.55. The Bertz CT molecular complexity index is 718. The van der Waals surface area contributed by atoms with Gasteiger partial charge in [-0.2, -0.15) is 0 Å². The molecule has 1 heterocycles. The number of aromatic amines is 1. The Labute approximate surface area is 122 Å². The van der Waals surface area contributed by atoms with E-state index in [2.05, 4.69) is 16.9 Å². The summed E-state index contributed by atoms with van der Waals surface area (Å²) in [6.07, 6.45) is 1.98. The summed E-state index contributed by atoms with van der Waals surface area (Å²) < 4.78 is 19.2. The highest BCUT2D eigenvalue weighted by atomic mass is 19.1. The quantitative estimate of drug-likeness (QED) is 0.698. The van der Waals surface area contributed by atoms with Crippen molar-refractivity contribution in [2.75, 3.05) is 6.61 Å². The van der Waals surface area contributed by atoms with Crippen molar-refractivity contribution >= 4 is 11.0 Å². The topological polar surface area (TPSA) is 37.9 Å². The lowest BCUT2D eigenvalue weighted by Crippen LogP contribution is -1.99. The maximum atomic E-state index is 13.5. The van der Waals surface area contributed by atoms with Crippen molar-refractivity contribution in [3.63, 3.8) is 0 Å². The predicted molar refractivity (Wildman–Crippen MR) is 81.9 cm³/mol. The van der Waals surface area contributed by atoms with E-state index in [4.69, 9.17) is 4.74 Å². The van der Waals surface area contributed by atoms with Crippen LogP contribution in [-0.2, 0) is 0 Å². The summed E-state index contributed by atoms with van der Waals surface area (Å²) in [6, 6.07) is 12.3. The highest BCUT2D eigenvalue weighted by Gasteiger charge is 2.12. The van der Waals surface area contributed by atoms with Crippen LogP contribution < -0.4 is 4.74 Å². The van der Waals surface area contributed by atoms with Gasteiger partial charge < -0.3 is 9.72 Å². The molecule has 3 rings (SSSR count). The van der Waals surface area contributed by atoms with Crippen LogP contribution >= 0.6 is 0 Å². The molecule has 0 aliphatic heterocycles. The van der Waals surface area contributed by atoms with Crippen LogP contribution in [0.25, 0.3) is 22.4 Å². The van der Waals surface area contributed by atoms with E-state index in [-0.39, 0.29) is 5.82 Å². The first-order valence-electron chi connectivity index (χ1n) is 7.15. The van der Waals surface area contributed by atoms with Crippen LogP contribution in [0.5, 0.6) is 5.75 Å². The number of ether oxygens (including phenoxy) is 1. The molecular weight excluding hydrogens is 267 g/mol. The second kappa shape index (κ2) is 5.95. The normalized spacial score (nSPS) is 11.0. The molecule has 0 unspecified atom stereocenters. The Morgan fingerprint density at radius 1 is 1.19 bits per heavy atom. The minimum Gasteiger partial charge on any atom is -0.493 e. The fourth-order valence-corrected chi connectivity index (χ4v) is 2.22. The van der Waals surface area contributed by atoms with Crippen molar-refractivity contribution in [3.05, 3.63) is 48.3 Å². The van der Waals surface area contributed by atoms with Crippen LogP contribution in [0.4, 0.5) is 4.39 Å². The van der Waals surface area contributed by atoms with E-state index in [1.54, 1.807) is 6.07 Å². The number of halogens is 1. The van der Waals surface area contributed by atoms with Crippen LogP contribution in [-0.4, -0.2) is 16.6 Å². The van der Waals surface area contributed by atoms with Gasteiger partial charge in [-0.3, -0.25) is 0 Å². The Balaban J connectivity index is 1.99. The highest BCUT2D eigenvalue weighted by Crippen LogP contribution is 2.30. The van der Waals surface area contributed by atoms with Gasteiger partial charge >= 0.3 is 0 Å². The van der Waals surface area contributed by atoms with Gasteiger partial charge in [0, 0.05) is 6.07 Å². The number of fused-ring (bicyclic) bond motifs is 1. The zero-order valence-electron chi connectivity index (χ0n) is 11.9. The Hall–Kier alpha value is -2.36. The van der Waals surface area contributed by atoms with E-state index in [1.807, 2.05) is 24.3 Å². The molecule has 3 nitrogen and oxygen atoms in total. The molecule has 1 aromatic heterocycles. The highest BCUT2D eigenvalue weighted by molar-refractivity contribution is 5.80. The van der Waals surface area contributed by atoms with Crippen LogP contribution in [0.3, 0.4) is 0 Å². The third-order valence-corrected chi connectivity index (χ3v) is 3.34. The molecule has 4 heteroatoms. The smallest absolute Gasteiger partial charge is 0.142 e. The van der Waals surface area contributed by atoms with Gasteiger partial charge in [0.15, 0.2) is 0 Å². The van der Waals surface area contributed by atoms with E-state index in [0.717, 1.165) is 29.4 Å². The first-order valence-corrected chi connectivity index (χ1v) is 7.15. The van der Waals surface area contributed by atoms with Crippen LogP contribution in [0.15, 0.2) is 42.5 Å². The number of rotatable bonds is 5. The van der Waals surface area contributed by atoms with Crippen molar-refractivity contribution in [2.45, 2.75) is 19.8 Å². The van der Waals surface area contributed by atoms with E-state index >= 15 is 0 Å². The van der Waals surface area contributed by atoms with Gasteiger partial charge in [0.2, 0.25) is 0 Å². The van der Waals surface area contributed by atoms with E-state index in [1.165, 1.54) is 12.1 Å². The number of benzene rings is 2. The summed E-state index contributed by atoms with van der Waals surface area (Å²) in [5, 5.41) is 0. The van der Waals surface area contributed by atoms with Gasteiger partial charge in [-0.1, -0.05) is 25.5 Å². The Morgan fingerprint density at radius 2 is 2.05 bits per heavy atom. The van der Waals surface area contributed by atoms with Crippen LogP contribution in [0.2, 0.25) is 0 Å². The van der Waals surface area contributed by atoms with Crippen LogP contribution in [0.1, 0.15) is 19.8 Å². The number of aromatic nitrogens is 2. The standard InChI is InChI=1S/C17H17FN2O/c1-2-3-10-21-16-11-12(18)8-9-13(16)17-19-14-6-4-5-7-15(14)20-17/h4-9,11H,2-3,10H2,1H3,(H,19,20). The SMILES string of the molecule is CCCCOc1cc(F)ccc1-c1nc2ccccc2[nH]1. The zero-order valence-corrected chi connectivity index (χ0v) is 11.9. The number of unbranched alkanes of at least 4 members (excludes halogenated alkanes) is 1. The number of hydrogen-bond acceptors (Lipinski definition) is 2. The molecule has 0 aliphatic rings. The largest absolute Gasteiger partial charge is 0.493 e. The summed E-state index contributed by atoms with van der Waals surface area (Å²) in [4.78, 5) is 7.79. The summed E-state index contributed by atoms with van der Waals surface area (Å²) in [5.41, 5.74) is 2.62. The fraction of sp³-hybridized carbons (Fsp3) is 0.235. The fourth-order valence-electron chi connectivity index (χ4n) is 2.22. The molecule has 2 aromatic carbocycles. The first kappa shape index (κ1) is 13.6. The molecule has 0 fully saturated rings. The van der Waals surface area contributed by atoms with Gasteiger partial charge in [0.25, 0.3) is 0 Å². The molecule has 0 radical (unpaired) electrons. The second-order valence-electron chi connectivity index (χ2n) is 4.95. The van der Waals surface area contributed by atoms with E-state index in [0.29, 0.717) is 18.2 Å². The summed E-state index contributed by atoms with van der Waals surface area (Å²) in [7, 11) is 0. The summed E-state index contributed by atoms with van der Waals surface area (Å²) in [6.45, 7) is 2.67. The van der Waals surface area contributed by atoms with Gasteiger partial charge in [-0.05, 0) is 30.7 Å². The number of H-pyrrole nitrogens is 1. The molecule has 0 bridgehead atoms. The lowest BCUT2D eigenvalue weighted by atomic mass is 10.2. The first-order chi connectivity index (χ1) is 10.3. The van der Waals surface area contributed by atoms with Crippen molar-refractivity contribution in [1.82, 2.24) is 9.97 Å². The Kier molecular flexibility index (Phi) is 3.86. The van der Waals surface area contributed by atoms with E-state index in [9.17, 15) is 4.39 Å². The van der Waals surface area contributed by atoms with Crippen molar-refractivity contribution in [2.24, 2.45) is 0 Å². The molecular formula is C17H17FN2O. The van der Waals surface area contributed by atoms with E-state index < -0.39 is 0 Å².